The molecule has 1 heterocycles. The fourth-order valence-electron chi connectivity index (χ4n) is 1.23. The number of aryl methyl sites for hydroxylation is 1. The maximum atomic E-state index is 5.21. The highest BCUT2D eigenvalue weighted by Gasteiger charge is 2.10. The van der Waals surface area contributed by atoms with Crippen molar-refractivity contribution >= 4 is 17.6 Å². The maximum Gasteiger partial charge on any atom is 0.182 e. The molecule has 0 aliphatic carbocycles. The van der Waals surface area contributed by atoms with Gasteiger partial charge < -0.3 is 10.1 Å². The fraction of sp³-hybridized carbons (Fsp3) is 0.556. The molecular weight excluding hydrogens is 198 g/mol. The van der Waals surface area contributed by atoms with Crippen molar-refractivity contribution in [3.63, 3.8) is 0 Å². The lowest BCUT2D eigenvalue weighted by atomic mass is 10.3. The van der Waals surface area contributed by atoms with E-state index >= 15 is 0 Å². The third kappa shape index (κ3) is 2.29. The number of methoxy groups -OCH3 is 1. The van der Waals surface area contributed by atoms with Crippen molar-refractivity contribution in [3.8, 4) is 5.75 Å². The second kappa shape index (κ2) is 5.05. The Bertz CT molecular complexity index is 317. The van der Waals surface area contributed by atoms with Crippen LogP contribution in [0.5, 0.6) is 5.75 Å². The van der Waals surface area contributed by atoms with E-state index in [1.807, 2.05) is 20.2 Å². The summed E-state index contributed by atoms with van der Waals surface area (Å²) in [5.74, 6) is 3.13. The monoisotopic (exact) mass is 213 g/mol. The molecule has 5 heteroatoms. The summed E-state index contributed by atoms with van der Waals surface area (Å²) in [5, 5.41) is 3.00. The smallest absolute Gasteiger partial charge is 0.182 e. The molecule has 0 amide bonds. The van der Waals surface area contributed by atoms with Crippen LogP contribution in [0.15, 0.2) is 0 Å². The van der Waals surface area contributed by atoms with Crippen molar-refractivity contribution in [2.45, 2.75) is 12.7 Å². The number of nitrogens with zero attached hydrogens (tertiary/aromatic N) is 2. The average molecular weight is 213 g/mol. The highest BCUT2D eigenvalue weighted by atomic mass is 32.2. The molecule has 1 aromatic rings. The minimum absolute atomic E-state index is 0.720. The Labute approximate surface area is 88.5 Å². The zero-order chi connectivity index (χ0) is 10.6. The van der Waals surface area contributed by atoms with Crippen LogP contribution in [0, 0.1) is 6.92 Å². The quantitative estimate of drug-likeness (QED) is 0.825. The standard InChI is InChI=1S/C9H15N3OS/c1-6-8(13-3)9(10-2)12-7(11-6)5-14-4/h5H2,1-4H3,(H,10,11,12). The Morgan fingerprint density at radius 1 is 1.43 bits per heavy atom. The van der Waals surface area contributed by atoms with Crippen molar-refractivity contribution in [2.75, 3.05) is 25.7 Å². The number of hydrogen-bond acceptors (Lipinski definition) is 5. The van der Waals surface area contributed by atoms with Gasteiger partial charge in [0, 0.05) is 7.05 Å². The molecule has 4 nitrogen and oxygen atoms in total. The molecule has 0 aliphatic heterocycles. The van der Waals surface area contributed by atoms with Crippen molar-refractivity contribution in [1.82, 2.24) is 9.97 Å². The van der Waals surface area contributed by atoms with Gasteiger partial charge in [-0.15, -0.1) is 0 Å². The van der Waals surface area contributed by atoms with Crippen LogP contribution in [-0.4, -0.2) is 30.4 Å². The molecule has 0 aromatic carbocycles. The summed E-state index contributed by atoms with van der Waals surface area (Å²) in [6.45, 7) is 1.92. The number of anilines is 1. The van der Waals surface area contributed by atoms with E-state index < -0.39 is 0 Å². The van der Waals surface area contributed by atoms with Crippen LogP contribution in [0.1, 0.15) is 11.5 Å². The Kier molecular flexibility index (Phi) is 4.00. The molecule has 1 N–H and O–H groups in total. The predicted molar refractivity (Wildman–Crippen MR) is 60.1 cm³/mol. The largest absolute Gasteiger partial charge is 0.491 e. The van der Waals surface area contributed by atoms with Crippen molar-refractivity contribution in [3.05, 3.63) is 11.5 Å². The van der Waals surface area contributed by atoms with E-state index in [0.717, 1.165) is 28.8 Å². The van der Waals surface area contributed by atoms with Gasteiger partial charge in [-0.2, -0.15) is 11.8 Å². The van der Waals surface area contributed by atoms with E-state index in [4.69, 9.17) is 4.74 Å². The summed E-state index contributed by atoms with van der Waals surface area (Å²) < 4.78 is 5.21. The van der Waals surface area contributed by atoms with E-state index in [9.17, 15) is 0 Å². The molecular formula is C9H15N3OS. The van der Waals surface area contributed by atoms with E-state index in [-0.39, 0.29) is 0 Å². The zero-order valence-electron chi connectivity index (χ0n) is 8.92. The van der Waals surface area contributed by atoms with Crippen LogP contribution in [0.25, 0.3) is 0 Å². The lowest BCUT2D eigenvalue weighted by molar-refractivity contribution is 0.408. The summed E-state index contributed by atoms with van der Waals surface area (Å²) in [6.07, 6.45) is 2.03. The van der Waals surface area contributed by atoms with Gasteiger partial charge in [0.15, 0.2) is 11.6 Å². The van der Waals surface area contributed by atoms with E-state index in [2.05, 4.69) is 15.3 Å². The van der Waals surface area contributed by atoms with Gasteiger partial charge in [0.25, 0.3) is 0 Å². The molecule has 0 aliphatic rings. The zero-order valence-corrected chi connectivity index (χ0v) is 9.73. The Morgan fingerprint density at radius 3 is 2.64 bits per heavy atom. The first-order chi connectivity index (χ1) is 6.72. The Hall–Kier alpha value is -0.970. The minimum Gasteiger partial charge on any atom is -0.491 e. The second-order valence-electron chi connectivity index (χ2n) is 2.79. The molecule has 1 aromatic heterocycles. The van der Waals surface area contributed by atoms with Crippen LogP contribution in [-0.2, 0) is 5.75 Å². The number of nitrogens with one attached hydrogen (secondary N) is 1. The highest BCUT2D eigenvalue weighted by Crippen LogP contribution is 2.25. The SMILES string of the molecule is CNc1nc(CSC)nc(C)c1OC. The molecule has 0 bridgehead atoms. The maximum absolute atomic E-state index is 5.21. The van der Waals surface area contributed by atoms with Crippen LogP contribution >= 0.6 is 11.8 Å². The van der Waals surface area contributed by atoms with Crippen molar-refractivity contribution < 1.29 is 4.74 Å². The number of thioether (sulfide) groups is 1. The predicted octanol–water partition coefficient (Wildman–Crippen LogP) is 1.70. The fourth-order valence-corrected chi connectivity index (χ4v) is 1.62. The van der Waals surface area contributed by atoms with Crippen molar-refractivity contribution in [2.24, 2.45) is 0 Å². The summed E-state index contributed by atoms with van der Waals surface area (Å²) >= 11 is 1.70. The van der Waals surface area contributed by atoms with Gasteiger partial charge in [-0.3, -0.25) is 0 Å². The molecule has 14 heavy (non-hydrogen) atoms. The van der Waals surface area contributed by atoms with Crippen LogP contribution in [0.3, 0.4) is 0 Å². The Morgan fingerprint density at radius 2 is 2.14 bits per heavy atom. The van der Waals surface area contributed by atoms with Gasteiger partial charge in [-0.25, -0.2) is 9.97 Å². The molecule has 0 saturated carbocycles. The number of rotatable bonds is 4. The van der Waals surface area contributed by atoms with E-state index in [0.29, 0.717) is 0 Å². The first-order valence-corrected chi connectivity index (χ1v) is 5.70. The summed E-state index contributed by atoms with van der Waals surface area (Å²) in [6, 6.07) is 0. The van der Waals surface area contributed by atoms with Crippen LogP contribution < -0.4 is 10.1 Å². The molecule has 0 fully saturated rings. The van der Waals surface area contributed by atoms with Gasteiger partial charge >= 0.3 is 0 Å². The number of ether oxygens (including phenoxy) is 1. The first kappa shape index (κ1) is 11.1. The summed E-state index contributed by atoms with van der Waals surface area (Å²) in [7, 11) is 3.45. The normalized spacial score (nSPS) is 10.0. The lowest BCUT2D eigenvalue weighted by Crippen LogP contribution is -2.04. The van der Waals surface area contributed by atoms with Crippen LogP contribution in [0.4, 0.5) is 5.82 Å². The lowest BCUT2D eigenvalue weighted by Gasteiger charge is -2.10. The third-order valence-electron chi connectivity index (χ3n) is 1.80. The highest BCUT2D eigenvalue weighted by molar-refractivity contribution is 7.97. The van der Waals surface area contributed by atoms with Crippen LogP contribution in [0.2, 0.25) is 0 Å². The first-order valence-electron chi connectivity index (χ1n) is 4.31. The molecule has 0 spiro atoms. The van der Waals surface area contributed by atoms with Gasteiger partial charge in [0.2, 0.25) is 0 Å². The topological polar surface area (TPSA) is 47.0 Å². The van der Waals surface area contributed by atoms with Gasteiger partial charge in [0.1, 0.15) is 5.82 Å². The second-order valence-corrected chi connectivity index (χ2v) is 3.66. The van der Waals surface area contributed by atoms with Gasteiger partial charge in [0.05, 0.1) is 18.6 Å². The van der Waals surface area contributed by atoms with E-state index in [1.165, 1.54) is 0 Å². The molecule has 0 radical (unpaired) electrons. The van der Waals surface area contributed by atoms with Gasteiger partial charge in [-0.1, -0.05) is 0 Å². The van der Waals surface area contributed by atoms with Crippen molar-refractivity contribution in [1.29, 1.82) is 0 Å². The molecule has 1 rings (SSSR count). The number of hydrogen-bond donors (Lipinski definition) is 1. The average Bonchev–Trinajstić information content (AvgIpc) is 2.17. The molecule has 0 atom stereocenters. The van der Waals surface area contributed by atoms with Gasteiger partial charge in [-0.05, 0) is 13.2 Å². The minimum atomic E-state index is 0.720. The summed E-state index contributed by atoms with van der Waals surface area (Å²) in [5.41, 5.74) is 0.871. The molecule has 0 unspecified atom stereocenters. The molecule has 78 valence electrons. The third-order valence-corrected chi connectivity index (χ3v) is 2.34. The van der Waals surface area contributed by atoms with E-state index in [1.54, 1.807) is 18.9 Å². The Balaban J connectivity index is 3.10. The summed E-state index contributed by atoms with van der Waals surface area (Å²) in [4.78, 5) is 8.69. The number of aromatic nitrogens is 2. The molecule has 0 saturated heterocycles.